The molecule has 3 aromatic heterocycles. The third-order valence-corrected chi connectivity index (χ3v) is 7.15. The molecule has 0 spiro atoms. The van der Waals surface area contributed by atoms with Crippen LogP contribution in [-0.4, -0.2) is 31.5 Å². The summed E-state index contributed by atoms with van der Waals surface area (Å²) in [6.45, 7) is 8.71. The highest BCUT2D eigenvalue weighted by molar-refractivity contribution is 6.35. The van der Waals surface area contributed by atoms with Gasteiger partial charge in [-0.15, -0.1) is 5.10 Å². The smallest absolute Gasteiger partial charge is 0.213 e. The van der Waals surface area contributed by atoms with Gasteiger partial charge >= 0.3 is 0 Å². The largest absolute Gasteiger partial charge is 0.383 e. The predicted octanol–water partition coefficient (Wildman–Crippen LogP) is 6.23. The van der Waals surface area contributed by atoms with Gasteiger partial charge in [0, 0.05) is 29.7 Å². The SMILES string of the molecule is Cc1nc(F)ccc1[C@H](Cc1cc(Cl)c2ncc(C#N)c(NCC(C)(C)C)c2c1)c1nnn(C2CC2)c1C#N. The Kier molecular flexibility index (Phi) is 6.96. The number of hydrogen-bond donors (Lipinski definition) is 1. The Morgan fingerprint density at radius 1 is 1.21 bits per heavy atom. The molecule has 0 radical (unpaired) electrons. The molecule has 1 aromatic carbocycles. The number of fused-ring (bicyclic) bond motifs is 1. The van der Waals surface area contributed by atoms with Crippen molar-refractivity contribution in [1.29, 1.82) is 10.5 Å². The van der Waals surface area contributed by atoms with Crippen LogP contribution in [0.2, 0.25) is 5.02 Å². The summed E-state index contributed by atoms with van der Waals surface area (Å²) in [4.78, 5) is 8.50. The second kappa shape index (κ2) is 10.2. The average Bonchev–Trinajstić information content (AvgIpc) is 3.64. The Morgan fingerprint density at radius 2 is 1.97 bits per heavy atom. The van der Waals surface area contributed by atoms with Crippen LogP contribution in [0.1, 0.15) is 79.3 Å². The van der Waals surface area contributed by atoms with E-state index in [-0.39, 0.29) is 11.5 Å². The molecule has 0 saturated heterocycles. The van der Waals surface area contributed by atoms with Gasteiger partial charge in [-0.1, -0.05) is 43.7 Å². The van der Waals surface area contributed by atoms with Gasteiger partial charge in [-0.25, -0.2) is 9.67 Å². The standard InChI is InChI=1S/C29H28ClFN8/c1-16-20(7-8-25(31)36-16)21(28-24(13-33)39(38-37-28)19-5-6-19)9-17-10-22-26(35-15-29(2,3)4)18(12-32)14-34-27(22)23(30)11-17/h7-8,10-11,14,19,21H,5-6,9,15H2,1-4H3,(H,34,35)/t21-/m0/s1. The highest BCUT2D eigenvalue weighted by atomic mass is 35.5. The van der Waals surface area contributed by atoms with Crippen LogP contribution in [0.4, 0.5) is 10.1 Å². The minimum Gasteiger partial charge on any atom is -0.383 e. The molecular weight excluding hydrogens is 515 g/mol. The zero-order valence-corrected chi connectivity index (χ0v) is 23.0. The van der Waals surface area contributed by atoms with Crippen LogP contribution in [0.25, 0.3) is 10.9 Å². The molecule has 1 aliphatic rings. The zero-order valence-electron chi connectivity index (χ0n) is 22.3. The minimum absolute atomic E-state index is 0.0248. The highest BCUT2D eigenvalue weighted by Crippen LogP contribution is 2.39. The van der Waals surface area contributed by atoms with E-state index < -0.39 is 11.9 Å². The lowest BCUT2D eigenvalue weighted by Gasteiger charge is -2.22. The van der Waals surface area contributed by atoms with Crippen LogP contribution in [-0.2, 0) is 6.42 Å². The second-order valence-corrected chi connectivity index (χ2v) is 11.6. The topological polar surface area (TPSA) is 116 Å². The third kappa shape index (κ3) is 5.41. The molecule has 1 aliphatic carbocycles. The maximum atomic E-state index is 14.0. The summed E-state index contributed by atoms with van der Waals surface area (Å²) in [6, 6.07) is 11.5. The molecule has 3 heterocycles. The molecule has 4 aromatic rings. The van der Waals surface area contributed by atoms with Crippen molar-refractivity contribution < 1.29 is 4.39 Å². The monoisotopic (exact) mass is 542 g/mol. The van der Waals surface area contributed by atoms with Crippen molar-refractivity contribution >= 4 is 28.2 Å². The van der Waals surface area contributed by atoms with Crippen LogP contribution in [0.15, 0.2) is 30.5 Å². The van der Waals surface area contributed by atoms with Gasteiger partial charge in [-0.3, -0.25) is 4.98 Å². The number of benzene rings is 1. The van der Waals surface area contributed by atoms with Gasteiger partial charge in [-0.05, 0) is 60.9 Å². The Bertz CT molecular complexity index is 1650. The Hall–Kier alpha value is -4.08. The molecule has 0 bridgehead atoms. The number of anilines is 1. The van der Waals surface area contributed by atoms with Crippen molar-refractivity contribution in [2.24, 2.45) is 5.41 Å². The molecule has 0 aliphatic heterocycles. The first kappa shape index (κ1) is 26.5. The maximum Gasteiger partial charge on any atom is 0.213 e. The summed E-state index contributed by atoms with van der Waals surface area (Å²) in [7, 11) is 0. The summed E-state index contributed by atoms with van der Waals surface area (Å²) in [6.07, 6.45) is 3.85. The van der Waals surface area contributed by atoms with E-state index in [1.807, 2.05) is 12.1 Å². The Balaban J connectivity index is 1.65. The van der Waals surface area contributed by atoms with Crippen molar-refractivity contribution in [3.8, 4) is 12.1 Å². The minimum atomic E-state index is -0.574. The van der Waals surface area contributed by atoms with E-state index >= 15 is 0 Å². The summed E-state index contributed by atoms with van der Waals surface area (Å²) >= 11 is 6.74. The summed E-state index contributed by atoms with van der Waals surface area (Å²) in [5.41, 5.74) is 4.70. The lowest BCUT2D eigenvalue weighted by atomic mass is 9.87. The molecule has 0 unspecified atom stereocenters. The van der Waals surface area contributed by atoms with E-state index in [9.17, 15) is 14.9 Å². The normalized spacial score (nSPS) is 14.2. The van der Waals surface area contributed by atoms with E-state index in [1.54, 1.807) is 17.7 Å². The van der Waals surface area contributed by atoms with Crippen molar-refractivity contribution in [3.63, 3.8) is 0 Å². The number of aryl methyl sites for hydroxylation is 1. The quantitative estimate of drug-likeness (QED) is 0.275. The average molecular weight is 543 g/mol. The first-order valence-corrected chi connectivity index (χ1v) is 13.2. The Labute approximate surface area is 231 Å². The molecule has 0 amide bonds. The fourth-order valence-corrected chi connectivity index (χ4v) is 5.08. The lowest BCUT2D eigenvalue weighted by Crippen LogP contribution is -2.19. The van der Waals surface area contributed by atoms with E-state index in [1.165, 1.54) is 12.3 Å². The van der Waals surface area contributed by atoms with E-state index in [0.717, 1.165) is 29.4 Å². The van der Waals surface area contributed by atoms with Gasteiger partial charge in [0.05, 0.1) is 27.8 Å². The molecule has 1 N–H and O–H groups in total. The molecular formula is C29H28ClFN8. The molecule has 8 nitrogen and oxygen atoms in total. The van der Waals surface area contributed by atoms with Crippen molar-refractivity contribution in [2.45, 2.75) is 58.9 Å². The van der Waals surface area contributed by atoms with Crippen molar-refractivity contribution in [3.05, 3.63) is 75.2 Å². The number of hydrogen-bond acceptors (Lipinski definition) is 7. The van der Waals surface area contributed by atoms with Gasteiger partial charge < -0.3 is 5.32 Å². The summed E-state index contributed by atoms with van der Waals surface area (Å²) in [5.74, 6) is -0.998. The van der Waals surface area contributed by atoms with Crippen molar-refractivity contribution in [1.82, 2.24) is 25.0 Å². The van der Waals surface area contributed by atoms with Gasteiger partial charge in [0.2, 0.25) is 5.95 Å². The first-order valence-electron chi connectivity index (χ1n) is 12.8. The van der Waals surface area contributed by atoms with E-state index in [0.29, 0.717) is 51.8 Å². The lowest BCUT2D eigenvalue weighted by molar-refractivity contribution is 0.443. The van der Waals surface area contributed by atoms with E-state index in [4.69, 9.17) is 11.6 Å². The molecule has 39 heavy (non-hydrogen) atoms. The van der Waals surface area contributed by atoms with Crippen LogP contribution in [0.3, 0.4) is 0 Å². The van der Waals surface area contributed by atoms with Gasteiger partial charge in [0.15, 0.2) is 5.69 Å². The number of rotatable bonds is 7. The molecule has 1 fully saturated rings. The second-order valence-electron chi connectivity index (χ2n) is 11.2. The molecule has 5 rings (SSSR count). The van der Waals surface area contributed by atoms with Crippen LogP contribution < -0.4 is 5.32 Å². The number of pyridine rings is 2. The molecule has 1 atom stereocenters. The fraction of sp³-hybridized carbons (Fsp3) is 0.379. The predicted molar refractivity (Wildman–Crippen MR) is 147 cm³/mol. The number of nitriles is 2. The highest BCUT2D eigenvalue weighted by Gasteiger charge is 2.32. The zero-order chi connectivity index (χ0) is 27.9. The summed E-state index contributed by atoms with van der Waals surface area (Å²) < 4.78 is 15.6. The summed E-state index contributed by atoms with van der Waals surface area (Å²) in [5, 5.41) is 33.2. The van der Waals surface area contributed by atoms with Gasteiger partial charge in [0.1, 0.15) is 17.8 Å². The van der Waals surface area contributed by atoms with Gasteiger partial charge in [0.25, 0.3) is 0 Å². The molecule has 198 valence electrons. The van der Waals surface area contributed by atoms with Crippen LogP contribution in [0.5, 0.6) is 0 Å². The maximum absolute atomic E-state index is 14.0. The fourth-order valence-electron chi connectivity index (χ4n) is 4.79. The number of halogens is 2. The number of nitrogens with one attached hydrogen (secondary N) is 1. The first-order chi connectivity index (χ1) is 18.6. The van der Waals surface area contributed by atoms with E-state index in [2.05, 4.69) is 58.5 Å². The van der Waals surface area contributed by atoms with Crippen molar-refractivity contribution in [2.75, 3.05) is 11.9 Å². The number of nitrogens with zero attached hydrogens (tertiary/aromatic N) is 7. The number of aromatic nitrogens is 5. The molecule has 10 heteroatoms. The Morgan fingerprint density at radius 3 is 2.62 bits per heavy atom. The van der Waals surface area contributed by atoms with Crippen LogP contribution >= 0.6 is 11.6 Å². The van der Waals surface area contributed by atoms with Crippen LogP contribution in [0, 0.1) is 40.9 Å². The molecule has 1 saturated carbocycles. The van der Waals surface area contributed by atoms with Gasteiger partial charge in [-0.2, -0.15) is 14.9 Å². The third-order valence-electron chi connectivity index (χ3n) is 6.86.